The van der Waals surface area contributed by atoms with Crippen LogP contribution in [0.3, 0.4) is 0 Å². The molecule has 0 amide bonds. The zero-order valence-electron chi connectivity index (χ0n) is 12.4. The third kappa shape index (κ3) is 4.25. The van der Waals surface area contributed by atoms with Crippen molar-refractivity contribution in [3.05, 3.63) is 35.9 Å². The van der Waals surface area contributed by atoms with Gasteiger partial charge in [0.25, 0.3) is 0 Å². The summed E-state index contributed by atoms with van der Waals surface area (Å²) in [5.41, 5.74) is 6.60. The Kier molecular flexibility index (Phi) is 6.05. The highest BCUT2D eigenvalue weighted by molar-refractivity contribution is 5.76. The summed E-state index contributed by atoms with van der Waals surface area (Å²) in [6.07, 6.45) is -7.18. The zero-order valence-corrected chi connectivity index (χ0v) is 12.4. The van der Waals surface area contributed by atoms with E-state index in [4.69, 9.17) is 20.3 Å². The van der Waals surface area contributed by atoms with E-state index in [1.165, 1.54) is 0 Å². The lowest BCUT2D eigenvalue weighted by Gasteiger charge is -2.39. The van der Waals surface area contributed by atoms with E-state index in [1.807, 2.05) is 6.07 Å². The van der Waals surface area contributed by atoms with Crippen LogP contribution in [-0.4, -0.2) is 69.8 Å². The molecule has 1 aromatic rings. The molecule has 0 spiro atoms. The van der Waals surface area contributed by atoms with E-state index in [-0.39, 0.29) is 6.42 Å². The van der Waals surface area contributed by atoms with Crippen molar-refractivity contribution in [1.29, 1.82) is 0 Å². The average molecular weight is 327 g/mol. The molecule has 1 unspecified atom stereocenters. The number of hydrogen-bond donors (Lipinski definition) is 5. The molecule has 1 aromatic carbocycles. The molecule has 8 heteroatoms. The number of carbonyl (C=O) groups is 1. The van der Waals surface area contributed by atoms with Crippen LogP contribution in [0.1, 0.15) is 5.56 Å². The molecule has 128 valence electrons. The van der Waals surface area contributed by atoms with Crippen LogP contribution in [0.2, 0.25) is 0 Å². The number of hydrogen-bond acceptors (Lipinski definition) is 8. The summed E-state index contributed by atoms with van der Waals surface area (Å²) in [4.78, 5) is 12.0. The summed E-state index contributed by atoms with van der Waals surface area (Å²) in [5, 5.41) is 38.4. The summed E-state index contributed by atoms with van der Waals surface area (Å²) in [5.74, 6) is -0.838. The summed E-state index contributed by atoms with van der Waals surface area (Å²) in [6, 6.07) is 8.05. The lowest BCUT2D eigenvalue weighted by Crippen LogP contribution is -2.60. The SMILES string of the molecule is N[C@@H](Cc1ccccc1)C(=O)O[C@H]1C(O)O[C@H](CO)[C@H](O)[C@@H]1O. The van der Waals surface area contributed by atoms with Gasteiger partial charge in [-0.25, -0.2) is 0 Å². The van der Waals surface area contributed by atoms with Crippen molar-refractivity contribution in [2.24, 2.45) is 5.73 Å². The molecular weight excluding hydrogens is 306 g/mol. The number of benzene rings is 1. The van der Waals surface area contributed by atoms with Gasteiger partial charge in [-0.2, -0.15) is 0 Å². The van der Waals surface area contributed by atoms with E-state index in [2.05, 4.69) is 0 Å². The molecule has 1 fully saturated rings. The van der Waals surface area contributed by atoms with Gasteiger partial charge in [-0.1, -0.05) is 30.3 Å². The molecule has 1 saturated heterocycles. The van der Waals surface area contributed by atoms with Gasteiger partial charge in [0.1, 0.15) is 24.4 Å². The monoisotopic (exact) mass is 327 g/mol. The maximum atomic E-state index is 12.0. The normalized spacial score (nSPS) is 32.3. The van der Waals surface area contributed by atoms with Crippen LogP contribution >= 0.6 is 0 Å². The Morgan fingerprint density at radius 1 is 1.22 bits per heavy atom. The van der Waals surface area contributed by atoms with Crippen molar-refractivity contribution in [1.82, 2.24) is 0 Å². The van der Waals surface area contributed by atoms with Gasteiger partial charge in [-0.15, -0.1) is 0 Å². The fourth-order valence-electron chi connectivity index (χ4n) is 2.37. The van der Waals surface area contributed by atoms with E-state index in [9.17, 15) is 20.1 Å². The third-order valence-electron chi connectivity index (χ3n) is 3.70. The quantitative estimate of drug-likeness (QED) is 0.387. The molecule has 23 heavy (non-hydrogen) atoms. The van der Waals surface area contributed by atoms with E-state index >= 15 is 0 Å². The summed E-state index contributed by atoms with van der Waals surface area (Å²) in [6.45, 7) is -0.594. The van der Waals surface area contributed by atoms with Gasteiger partial charge in [-0.05, 0) is 12.0 Å². The second-order valence-corrected chi connectivity index (χ2v) is 5.43. The van der Waals surface area contributed by atoms with Gasteiger partial charge in [0.2, 0.25) is 0 Å². The van der Waals surface area contributed by atoms with Crippen LogP contribution in [0, 0.1) is 0 Å². The minimum absolute atomic E-state index is 0.223. The zero-order chi connectivity index (χ0) is 17.0. The molecule has 6 atom stereocenters. The lowest BCUT2D eigenvalue weighted by molar-refractivity contribution is -0.291. The smallest absolute Gasteiger partial charge is 0.323 e. The minimum Gasteiger partial charge on any atom is -0.453 e. The number of aliphatic hydroxyl groups excluding tert-OH is 4. The summed E-state index contributed by atoms with van der Waals surface area (Å²) >= 11 is 0. The average Bonchev–Trinajstić information content (AvgIpc) is 2.55. The Morgan fingerprint density at radius 2 is 1.87 bits per heavy atom. The predicted molar refractivity (Wildman–Crippen MR) is 78.0 cm³/mol. The molecule has 1 heterocycles. The van der Waals surface area contributed by atoms with Crippen LogP contribution in [-0.2, 0) is 20.7 Å². The molecule has 0 radical (unpaired) electrons. The molecule has 0 bridgehead atoms. The molecule has 2 rings (SSSR count). The Bertz CT molecular complexity index is 512. The second-order valence-electron chi connectivity index (χ2n) is 5.43. The number of esters is 1. The van der Waals surface area contributed by atoms with Crippen molar-refractivity contribution in [3.8, 4) is 0 Å². The van der Waals surface area contributed by atoms with E-state index in [0.29, 0.717) is 0 Å². The second kappa shape index (κ2) is 7.82. The standard InChI is InChI=1S/C15H21NO7/c16-9(6-8-4-2-1-3-5-8)14(20)23-13-12(19)11(18)10(7-17)22-15(13)21/h1-5,9-13,15,17-19,21H,6-7,16H2/t9-,10+,11-,12-,13+,15?/m0/s1. The van der Waals surface area contributed by atoms with Crippen LogP contribution in [0.4, 0.5) is 0 Å². The number of rotatable bonds is 5. The number of ether oxygens (including phenoxy) is 2. The first-order valence-corrected chi connectivity index (χ1v) is 7.24. The van der Waals surface area contributed by atoms with Crippen molar-refractivity contribution in [2.75, 3.05) is 6.61 Å². The highest BCUT2D eigenvalue weighted by Gasteiger charge is 2.46. The fourth-order valence-corrected chi connectivity index (χ4v) is 2.37. The van der Waals surface area contributed by atoms with Crippen LogP contribution in [0.15, 0.2) is 30.3 Å². The van der Waals surface area contributed by atoms with E-state index in [0.717, 1.165) is 5.56 Å². The Morgan fingerprint density at radius 3 is 2.48 bits per heavy atom. The van der Waals surface area contributed by atoms with Crippen molar-refractivity contribution in [3.63, 3.8) is 0 Å². The molecule has 1 aliphatic heterocycles. The fraction of sp³-hybridized carbons (Fsp3) is 0.533. The molecule has 1 aliphatic rings. The molecule has 0 aromatic heterocycles. The van der Waals surface area contributed by atoms with E-state index in [1.54, 1.807) is 24.3 Å². The van der Waals surface area contributed by atoms with Gasteiger partial charge in [0.15, 0.2) is 12.4 Å². The Labute approximate surface area is 133 Å². The summed E-state index contributed by atoms with van der Waals surface area (Å²) in [7, 11) is 0. The molecule has 8 nitrogen and oxygen atoms in total. The van der Waals surface area contributed by atoms with Crippen LogP contribution in [0.25, 0.3) is 0 Å². The molecule has 0 aliphatic carbocycles. The van der Waals surface area contributed by atoms with Crippen molar-refractivity contribution >= 4 is 5.97 Å². The first-order valence-electron chi connectivity index (χ1n) is 7.24. The molecule has 0 saturated carbocycles. The highest BCUT2D eigenvalue weighted by atomic mass is 16.7. The van der Waals surface area contributed by atoms with Crippen LogP contribution in [0.5, 0.6) is 0 Å². The number of aliphatic hydroxyl groups is 4. The van der Waals surface area contributed by atoms with Crippen LogP contribution < -0.4 is 5.73 Å². The maximum Gasteiger partial charge on any atom is 0.323 e. The number of carbonyl (C=O) groups excluding carboxylic acids is 1. The lowest BCUT2D eigenvalue weighted by atomic mass is 9.99. The van der Waals surface area contributed by atoms with Crippen molar-refractivity contribution < 1.29 is 34.7 Å². The highest BCUT2D eigenvalue weighted by Crippen LogP contribution is 2.22. The minimum atomic E-state index is -1.67. The number of nitrogens with two attached hydrogens (primary N) is 1. The first kappa shape index (κ1) is 17.8. The van der Waals surface area contributed by atoms with Gasteiger partial charge in [0.05, 0.1) is 6.61 Å². The van der Waals surface area contributed by atoms with Gasteiger partial charge < -0.3 is 35.6 Å². The van der Waals surface area contributed by atoms with Crippen molar-refractivity contribution in [2.45, 2.75) is 43.2 Å². The molecular formula is C15H21NO7. The Hall–Kier alpha value is -1.55. The third-order valence-corrected chi connectivity index (χ3v) is 3.70. The maximum absolute atomic E-state index is 12.0. The van der Waals surface area contributed by atoms with E-state index < -0.39 is 49.3 Å². The Balaban J connectivity index is 1.96. The predicted octanol–water partition coefficient (Wildman–Crippen LogP) is -2.10. The topological polar surface area (TPSA) is 142 Å². The molecule has 6 N–H and O–H groups in total. The first-order chi connectivity index (χ1) is 10.9. The largest absolute Gasteiger partial charge is 0.453 e. The van der Waals surface area contributed by atoms with Gasteiger partial charge in [-0.3, -0.25) is 4.79 Å². The van der Waals surface area contributed by atoms with Gasteiger partial charge >= 0.3 is 5.97 Å². The van der Waals surface area contributed by atoms with Gasteiger partial charge in [0, 0.05) is 0 Å². The summed E-state index contributed by atoms with van der Waals surface area (Å²) < 4.78 is 9.89.